The fourth-order valence-corrected chi connectivity index (χ4v) is 4.12. The van der Waals surface area contributed by atoms with Gasteiger partial charge in [-0.2, -0.15) is 0 Å². The topological polar surface area (TPSA) is 116 Å². The third kappa shape index (κ3) is 6.79. The second-order valence-electron chi connectivity index (χ2n) is 6.43. The fourth-order valence-electron chi connectivity index (χ4n) is 2.56. The van der Waals surface area contributed by atoms with Crippen molar-refractivity contribution < 1.29 is 23.6 Å². The number of esters is 1. The highest BCUT2D eigenvalue weighted by molar-refractivity contribution is 8.01. The molecule has 3 aromatic rings. The van der Waals surface area contributed by atoms with E-state index in [1.807, 2.05) is 38.1 Å². The van der Waals surface area contributed by atoms with E-state index in [9.17, 15) is 9.59 Å². The fraction of sp³-hybridized carbons (Fsp3) is 0.350. The zero-order valence-electron chi connectivity index (χ0n) is 17.3. The summed E-state index contributed by atoms with van der Waals surface area (Å²) in [6.45, 7) is 6.18. The van der Waals surface area contributed by atoms with Crippen LogP contribution in [0.1, 0.15) is 29.5 Å². The molecule has 0 aliphatic carbocycles. The van der Waals surface area contributed by atoms with Gasteiger partial charge < -0.3 is 19.3 Å². The van der Waals surface area contributed by atoms with Gasteiger partial charge in [-0.3, -0.25) is 9.59 Å². The number of hydrogen-bond donors (Lipinski definition) is 1. The van der Waals surface area contributed by atoms with E-state index in [1.165, 1.54) is 23.1 Å². The number of benzene rings is 1. The van der Waals surface area contributed by atoms with Gasteiger partial charge in [0.25, 0.3) is 0 Å². The maximum absolute atomic E-state index is 12.3. The minimum Gasteiger partial charge on any atom is -0.489 e. The number of anilines is 1. The molecule has 1 N–H and O–H groups in total. The number of nitrogens with zero attached hydrogens (tertiary/aromatic N) is 3. The first-order chi connectivity index (χ1) is 14.9. The Kier molecular flexibility index (Phi) is 8.01. The molecule has 0 saturated heterocycles. The summed E-state index contributed by atoms with van der Waals surface area (Å²) in [5.41, 5.74) is 2.58. The SMILES string of the molecule is CCOC(=O)CSc1nnc(NC(=O)Cc2ccc(OCc3c(C)noc3C)cc2)s1. The summed E-state index contributed by atoms with van der Waals surface area (Å²) in [6.07, 6.45) is 0.190. The molecule has 0 bridgehead atoms. The second kappa shape index (κ2) is 10.9. The molecule has 164 valence electrons. The molecule has 1 amide bonds. The molecule has 9 nitrogen and oxygen atoms in total. The average Bonchev–Trinajstić information content (AvgIpc) is 3.32. The maximum atomic E-state index is 12.3. The first kappa shape index (κ1) is 22.8. The van der Waals surface area contributed by atoms with Gasteiger partial charge in [-0.25, -0.2) is 0 Å². The van der Waals surface area contributed by atoms with Crippen molar-refractivity contribution in [3.05, 3.63) is 46.8 Å². The van der Waals surface area contributed by atoms with Crippen molar-refractivity contribution in [2.75, 3.05) is 17.7 Å². The van der Waals surface area contributed by atoms with Crippen molar-refractivity contribution in [3.8, 4) is 5.75 Å². The lowest BCUT2D eigenvalue weighted by atomic mass is 10.1. The van der Waals surface area contributed by atoms with Crippen LogP contribution in [0.3, 0.4) is 0 Å². The van der Waals surface area contributed by atoms with Crippen molar-refractivity contribution in [1.29, 1.82) is 0 Å². The molecule has 31 heavy (non-hydrogen) atoms. The van der Waals surface area contributed by atoms with E-state index in [4.69, 9.17) is 14.0 Å². The largest absolute Gasteiger partial charge is 0.489 e. The summed E-state index contributed by atoms with van der Waals surface area (Å²) >= 11 is 2.43. The van der Waals surface area contributed by atoms with E-state index >= 15 is 0 Å². The number of hydrogen-bond acceptors (Lipinski definition) is 10. The minimum absolute atomic E-state index is 0.154. The van der Waals surface area contributed by atoms with Crippen molar-refractivity contribution in [1.82, 2.24) is 15.4 Å². The predicted octanol–water partition coefficient (Wildman–Crippen LogP) is 3.56. The predicted molar refractivity (Wildman–Crippen MR) is 116 cm³/mol. The highest BCUT2D eigenvalue weighted by Gasteiger charge is 2.12. The van der Waals surface area contributed by atoms with Crippen LogP contribution >= 0.6 is 23.1 Å². The Morgan fingerprint density at radius 3 is 2.65 bits per heavy atom. The Labute approximate surface area is 187 Å². The van der Waals surface area contributed by atoms with Crippen LogP contribution in [0, 0.1) is 13.8 Å². The van der Waals surface area contributed by atoms with E-state index in [2.05, 4.69) is 20.7 Å². The molecule has 0 aliphatic rings. The molecule has 11 heteroatoms. The van der Waals surface area contributed by atoms with Gasteiger partial charge in [0.2, 0.25) is 11.0 Å². The van der Waals surface area contributed by atoms with Gasteiger partial charge in [0.05, 0.1) is 30.0 Å². The molecular weight excluding hydrogens is 440 g/mol. The standard InChI is InChI=1S/C20H22N4O5S2/c1-4-27-18(26)11-30-20-23-22-19(31-20)21-17(25)9-14-5-7-15(8-6-14)28-10-16-12(2)24-29-13(16)3/h5-8H,4,9-11H2,1-3H3,(H,21,22,25). The summed E-state index contributed by atoms with van der Waals surface area (Å²) in [7, 11) is 0. The smallest absolute Gasteiger partial charge is 0.316 e. The summed E-state index contributed by atoms with van der Waals surface area (Å²) in [5.74, 6) is 1.07. The van der Waals surface area contributed by atoms with Crippen molar-refractivity contribution in [2.45, 2.75) is 38.1 Å². The number of aromatic nitrogens is 3. The lowest BCUT2D eigenvalue weighted by molar-refractivity contribution is -0.139. The molecule has 2 heterocycles. The van der Waals surface area contributed by atoms with E-state index in [-0.39, 0.29) is 24.1 Å². The van der Waals surface area contributed by atoms with Crippen molar-refractivity contribution in [3.63, 3.8) is 0 Å². The van der Waals surface area contributed by atoms with Crippen LogP contribution < -0.4 is 10.1 Å². The van der Waals surface area contributed by atoms with Crippen LogP contribution in [0.2, 0.25) is 0 Å². The third-order valence-electron chi connectivity index (χ3n) is 4.12. The van der Waals surface area contributed by atoms with E-state index in [1.54, 1.807) is 6.92 Å². The molecule has 0 unspecified atom stereocenters. The lowest BCUT2D eigenvalue weighted by Crippen LogP contribution is -2.14. The van der Waals surface area contributed by atoms with Crippen molar-refractivity contribution in [2.24, 2.45) is 0 Å². The summed E-state index contributed by atoms with van der Waals surface area (Å²) in [6, 6.07) is 7.30. The Balaban J connectivity index is 1.46. The number of nitrogens with one attached hydrogen (secondary N) is 1. The highest BCUT2D eigenvalue weighted by atomic mass is 32.2. The van der Waals surface area contributed by atoms with Crippen LogP contribution in [0.4, 0.5) is 5.13 Å². The van der Waals surface area contributed by atoms with E-state index in [0.29, 0.717) is 28.4 Å². The van der Waals surface area contributed by atoms with E-state index < -0.39 is 0 Å². The van der Waals surface area contributed by atoms with Crippen LogP contribution in [0.15, 0.2) is 33.1 Å². The van der Waals surface area contributed by atoms with Crippen molar-refractivity contribution >= 4 is 40.1 Å². The zero-order chi connectivity index (χ0) is 22.2. The summed E-state index contributed by atoms with van der Waals surface area (Å²) in [4.78, 5) is 23.7. The Morgan fingerprint density at radius 1 is 1.19 bits per heavy atom. The molecule has 0 atom stereocenters. The normalized spacial score (nSPS) is 10.7. The molecule has 0 aliphatic heterocycles. The monoisotopic (exact) mass is 462 g/mol. The van der Waals surface area contributed by atoms with Gasteiger partial charge in [-0.15, -0.1) is 10.2 Å². The number of thioether (sulfide) groups is 1. The molecule has 0 radical (unpaired) electrons. The van der Waals surface area contributed by atoms with Crippen LogP contribution in [0.5, 0.6) is 5.75 Å². The molecule has 0 spiro atoms. The van der Waals surface area contributed by atoms with Gasteiger partial charge in [0.1, 0.15) is 18.1 Å². The van der Waals surface area contributed by atoms with Gasteiger partial charge >= 0.3 is 5.97 Å². The number of rotatable bonds is 10. The number of aryl methyl sites for hydroxylation is 2. The minimum atomic E-state index is -0.313. The Bertz CT molecular complexity index is 1010. The van der Waals surface area contributed by atoms with Gasteiger partial charge in [-0.1, -0.05) is 40.4 Å². The molecule has 3 rings (SSSR count). The second-order valence-corrected chi connectivity index (χ2v) is 8.63. The molecular formula is C20H22N4O5S2. The molecule has 2 aromatic heterocycles. The third-order valence-corrected chi connectivity index (χ3v) is 6.07. The zero-order valence-corrected chi connectivity index (χ0v) is 19.0. The van der Waals surface area contributed by atoms with Crippen LogP contribution in [-0.2, 0) is 27.4 Å². The van der Waals surface area contributed by atoms with Gasteiger partial charge in [0.15, 0.2) is 4.34 Å². The Hall–Kier alpha value is -2.92. The first-order valence-corrected chi connectivity index (χ1v) is 11.3. The molecule has 0 fully saturated rings. The van der Waals surface area contributed by atoms with E-state index in [0.717, 1.165) is 22.6 Å². The summed E-state index contributed by atoms with van der Waals surface area (Å²) < 4.78 is 16.4. The van der Waals surface area contributed by atoms with Crippen LogP contribution in [0.25, 0.3) is 0 Å². The molecule has 1 aromatic carbocycles. The number of carbonyl (C=O) groups is 2. The van der Waals surface area contributed by atoms with Gasteiger partial charge in [-0.05, 0) is 38.5 Å². The number of amides is 1. The summed E-state index contributed by atoms with van der Waals surface area (Å²) in [5, 5.41) is 14.9. The van der Waals surface area contributed by atoms with Crippen LogP contribution in [-0.4, -0.2) is 39.6 Å². The quantitative estimate of drug-likeness (QED) is 0.274. The number of ether oxygens (including phenoxy) is 2. The molecule has 0 saturated carbocycles. The van der Waals surface area contributed by atoms with Gasteiger partial charge in [0, 0.05) is 0 Å². The number of carbonyl (C=O) groups excluding carboxylic acids is 2. The first-order valence-electron chi connectivity index (χ1n) is 9.50. The average molecular weight is 463 g/mol. The Morgan fingerprint density at radius 2 is 1.97 bits per heavy atom. The lowest BCUT2D eigenvalue weighted by Gasteiger charge is -2.07. The highest BCUT2D eigenvalue weighted by Crippen LogP contribution is 2.25. The maximum Gasteiger partial charge on any atom is 0.316 e.